The lowest BCUT2D eigenvalue weighted by atomic mass is 9.97. The molecule has 0 aliphatic rings. The molecule has 142 valence electrons. The lowest BCUT2D eigenvalue weighted by Gasteiger charge is -2.20. The van der Waals surface area contributed by atoms with E-state index in [2.05, 4.69) is 75.5 Å². The summed E-state index contributed by atoms with van der Waals surface area (Å²) >= 11 is 0. The number of hydrogen-bond acceptors (Lipinski definition) is 5. The van der Waals surface area contributed by atoms with Crippen molar-refractivity contribution in [3.63, 3.8) is 0 Å². The number of aromatic amines is 1. The monoisotopic (exact) mass is 380 g/mol. The van der Waals surface area contributed by atoms with Gasteiger partial charge in [0, 0.05) is 16.5 Å². The minimum absolute atomic E-state index is 0.0241. The molecule has 5 aromatic rings. The predicted molar refractivity (Wildman–Crippen MR) is 116 cm³/mol. The molecule has 0 bridgehead atoms. The first-order valence-electron chi connectivity index (χ1n) is 9.57. The highest BCUT2D eigenvalue weighted by Gasteiger charge is 2.17. The number of aromatic nitrogens is 5. The van der Waals surface area contributed by atoms with E-state index < -0.39 is 0 Å². The minimum atomic E-state index is -0.0241. The van der Waals surface area contributed by atoms with Gasteiger partial charge in [0.1, 0.15) is 11.8 Å². The van der Waals surface area contributed by atoms with E-state index in [0.29, 0.717) is 5.65 Å². The highest BCUT2D eigenvalue weighted by atomic mass is 15.1. The smallest absolute Gasteiger partial charge is 0.182 e. The summed E-state index contributed by atoms with van der Waals surface area (Å²) in [5.41, 5.74) is 6.82. The molecule has 0 fully saturated rings. The largest absolute Gasteiger partial charge is 0.362 e. The Kier molecular flexibility index (Phi) is 4.17. The topological polar surface area (TPSA) is 79.4 Å². The molecule has 0 amide bonds. The van der Waals surface area contributed by atoms with Crippen molar-refractivity contribution >= 4 is 27.9 Å². The third kappa shape index (κ3) is 3.08. The van der Waals surface area contributed by atoms with Crippen LogP contribution in [0.4, 0.5) is 5.82 Å². The van der Waals surface area contributed by atoms with E-state index in [0.717, 1.165) is 39.1 Å². The zero-order chi connectivity index (χ0) is 19.8. The Morgan fingerprint density at radius 1 is 0.966 bits per heavy atom. The fourth-order valence-corrected chi connectivity index (χ4v) is 3.68. The van der Waals surface area contributed by atoms with Gasteiger partial charge in [0.05, 0.1) is 23.6 Å². The fraction of sp³-hybridized carbons (Fsp3) is 0.130. The maximum atomic E-state index is 5.07. The van der Waals surface area contributed by atoms with Gasteiger partial charge >= 0.3 is 0 Å². The Balaban J connectivity index is 1.65. The summed E-state index contributed by atoms with van der Waals surface area (Å²) in [4.78, 5) is 21.0. The molecule has 0 saturated carbocycles. The van der Waals surface area contributed by atoms with E-state index in [1.165, 1.54) is 11.9 Å². The standard InChI is InChI=1S/C23H20N6/c1-14-7-6-10-17-11-18(20(29-19(14)17)16-8-4-3-5-9-16)15(2)28-23-21-22(25-12-24-21)26-13-27-23/h3-13,15H,1-2H3,(H2,24,25,26,27,28). The normalized spacial score (nSPS) is 12.3. The van der Waals surface area contributed by atoms with E-state index in [1.807, 2.05) is 18.2 Å². The molecule has 3 aromatic heterocycles. The second-order valence-corrected chi connectivity index (χ2v) is 7.13. The van der Waals surface area contributed by atoms with Crippen LogP contribution in [0.1, 0.15) is 24.1 Å². The summed E-state index contributed by atoms with van der Waals surface area (Å²) in [7, 11) is 0. The van der Waals surface area contributed by atoms with Gasteiger partial charge in [0.2, 0.25) is 0 Å². The Morgan fingerprint density at radius 3 is 2.69 bits per heavy atom. The molecule has 0 aliphatic carbocycles. The van der Waals surface area contributed by atoms with Crippen LogP contribution in [0.25, 0.3) is 33.3 Å². The Bertz CT molecular complexity index is 1310. The zero-order valence-electron chi connectivity index (χ0n) is 16.2. The van der Waals surface area contributed by atoms with Crippen LogP contribution in [0.5, 0.6) is 0 Å². The number of para-hydroxylation sites is 1. The Labute approximate surface area is 168 Å². The quantitative estimate of drug-likeness (QED) is 0.456. The lowest BCUT2D eigenvalue weighted by molar-refractivity contribution is 0.873. The SMILES string of the molecule is Cc1cccc2cc(C(C)Nc3ncnc4nc[nH]c34)c(-c3ccccc3)nc12. The first kappa shape index (κ1) is 17.3. The van der Waals surface area contributed by atoms with Gasteiger partial charge in [0.25, 0.3) is 0 Å². The lowest BCUT2D eigenvalue weighted by Crippen LogP contribution is -2.11. The van der Waals surface area contributed by atoms with Crippen LogP contribution in [0, 0.1) is 6.92 Å². The van der Waals surface area contributed by atoms with Crippen molar-refractivity contribution < 1.29 is 0 Å². The van der Waals surface area contributed by atoms with Crippen molar-refractivity contribution in [3.8, 4) is 11.3 Å². The molecule has 2 aromatic carbocycles. The maximum absolute atomic E-state index is 5.07. The molecule has 0 aliphatic heterocycles. The van der Waals surface area contributed by atoms with Crippen molar-refractivity contribution in [2.45, 2.75) is 19.9 Å². The predicted octanol–water partition coefficient (Wildman–Crippen LogP) is 5.05. The molecule has 1 atom stereocenters. The number of anilines is 1. The summed E-state index contributed by atoms with van der Waals surface area (Å²) < 4.78 is 0. The van der Waals surface area contributed by atoms with Crippen LogP contribution < -0.4 is 5.32 Å². The number of nitrogens with zero attached hydrogens (tertiary/aromatic N) is 4. The molecule has 3 heterocycles. The number of imidazole rings is 1. The molecule has 2 N–H and O–H groups in total. The zero-order valence-corrected chi connectivity index (χ0v) is 16.2. The first-order valence-corrected chi connectivity index (χ1v) is 9.57. The number of fused-ring (bicyclic) bond motifs is 2. The molecule has 6 heteroatoms. The van der Waals surface area contributed by atoms with E-state index in [4.69, 9.17) is 4.98 Å². The van der Waals surface area contributed by atoms with Crippen molar-refractivity contribution in [2.24, 2.45) is 0 Å². The highest BCUT2D eigenvalue weighted by molar-refractivity contribution is 5.87. The number of rotatable bonds is 4. The van der Waals surface area contributed by atoms with Gasteiger partial charge in [-0.3, -0.25) is 0 Å². The average Bonchev–Trinajstić information content (AvgIpc) is 3.24. The summed E-state index contributed by atoms with van der Waals surface area (Å²) in [6, 6.07) is 18.8. The minimum Gasteiger partial charge on any atom is -0.362 e. The van der Waals surface area contributed by atoms with E-state index in [1.54, 1.807) is 6.33 Å². The molecular weight excluding hydrogens is 360 g/mol. The van der Waals surface area contributed by atoms with Gasteiger partial charge in [-0.05, 0) is 25.5 Å². The van der Waals surface area contributed by atoms with Gasteiger partial charge in [0.15, 0.2) is 11.5 Å². The second kappa shape index (κ2) is 6.98. The van der Waals surface area contributed by atoms with Gasteiger partial charge in [-0.25, -0.2) is 19.9 Å². The van der Waals surface area contributed by atoms with Gasteiger partial charge < -0.3 is 10.3 Å². The van der Waals surface area contributed by atoms with Crippen LogP contribution in [0.3, 0.4) is 0 Å². The summed E-state index contributed by atoms with van der Waals surface area (Å²) in [5, 5.41) is 4.64. The third-order valence-electron chi connectivity index (χ3n) is 5.17. The van der Waals surface area contributed by atoms with Crippen LogP contribution in [-0.2, 0) is 0 Å². The van der Waals surface area contributed by atoms with Gasteiger partial charge in [-0.15, -0.1) is 0 Å². The molecular formula is C23H20N6. The van der Waals surface area contributed by atoms with Gasteiger partial charge in [-0.2, -0.15) is 0 Å². The molecule has 0 saturated heterocycles. The Hall–Kier alpha value is -3.80. The molecule has 0 spiro atoms. The van der Waals surface area contributed by atoms with Gasteiger partial charge in [-0.1, -0.05) is 48.5 Å². The van der Waals surface area contributed by atoms with Crippen molar-refractivity contribution in [1.29, 1.82) is 0 Å². The third-order valence-corrected chi connectivity index (χ3v) is 5.17. The van der Waals surface area contributed by atoms with Crippen LogP contribution in [-0.4, -0.2) is 24.9 Å². The molecule has 6 nitrogen and oxygen atoms in total. The molecule has 29 heavy (non-hydrogen) atoms. The van der Waals surface area contributed by atoms with E-state index >= 15 is 0 Å². The Morgan fingerprint density at radius 2 is 1.83 bits per heavy atom. The molecule has 5 rings (SSSR count). The van der Waals surface area contributed by atoms with E-state index in [-0.39, 0.29) is 6.04 Å². The fourth-order valence-electron chi connectivity index (χ4n) is 3.68. The number of hydrogen-bond donors (Lipinski definition) is 2. The number of nitrogens with one attached hydrogen (secondary N) is 2. The first-order chi connectivity index (χ1) is 14.2. The van der Waals surface area contributed by atoms with Crippen molar-refractivity contribution in [2.75, 3.05) is 5.32 Å². The average molecular weight is 380 g/mol. The number of benzene rings is 2. The maximum Gasteiger partial charge on any atom is 0.182 e. The second-order valence-electron chi connectivity index (χ2n) is 7.13. The van der Waals surface area contributed by atoms with Crippen molar-refractivity contribution in [1.82, 2.24) is 24.9 Å². The van der Waals surface area contributed by atoms with Crippen LogP contribution in [0.2, 0.25) is 0 Å². The summed E-state index contributed by atoms with van der Waals surface area (Å²) in [5.74, 6) is 0.725. The summed E-state index contributed by atoms with van der Waals surface area (Å²) in [6.45, 7) is 4.22. The van der Waals surface area contributed by atoms with Crippen molar-refractivity contribution in [3.05, 3.63) is 78.4 Å². The van der Waals surface area contributed by atoms with Crippen LogP contribution >= 0.6 is 0 Å². The number of pyridine rings is 1. The van der Waals surface area contributed by atoms with E-state index in [9.17, 15) is 0 Å². The summed E-state index contributed by atoms with van der Waals surface area (Å²) in [6.07, 6.45) is 3.16. The molecule has 1 unspecified atom stereocenters. The van der Waals surface area contributed by atoms with Crippen LogP contribution in [0.15, 0.2) is 67.3 Å². The number of H-pyrrole nitrogens is 1. The molecule has 0 radical (unpaired) electrons. The highest BCUT2D eigenvalue weighted by Crippen LogP contribution is 2.32. The number of aryl methyl sites for hydroxylation is 1.